The normalized spacial score (nSPS) is 11.5. The fraction of sp³-hybridized carbons (Fsp3) is 0.0667. The molecule has 0 amide bonds. The molecule has 0 bridgehead atoms. The number of aryl methyl sites for hydroxylation is 1. The van der Waals surface area contributed by atoms with Gasteiger partial charge in [-0.1, -0.05) is 27.6 Å². The molecular weight excluding hydrogens is 318 g/mol. The summed E-state index contributed by atoms with van der Waals surface area (Å²) in [4.78, 5) is 2.89. The topological polar surface area (TPSA) is 60.7 Å². The minimum atomic E-state index is 0.0338. The van der Waals surface area contributed by atoms with Gasteiger partial charge in [0.05, 0.1) is 11.2 Å². The smallest absolute Gasteiger partial charge is 0.218 e. The molecule has 0 saturated carbocycles. The first kappa shape index (κ1) is 12.9. The maximum atomic E-state index is 9.93. The number of nitrogens with zero attached hydrogens (tertiary/aromatic N) is 2. The average molecular weight is 330 g/mol. The number of aromatic hydroxyl groups is 1. The van der Waals surface area contributed by atoms with Crippen molar-refractivity contribution < 1.29 is 5.11 Å². The molecule has 0 aliphatic rings. The molecule has 0 aliphatic carbocycles. The lowest BCUT2D eigenvalue weighted by molar-refractivity contribution is 0.459. The number of nitrogens with one attached hydrogen (secondary N) is 1. The van der Waals surface area contributed by atoms with Crippen molar-refractivity contribution in [2.75, 3.05) is 0 Å². The van der Waals surface area contributed by atoms with Crippen molar-refractivity contribution in [2.45, 2.75) is 6.92 Å². The van der Waals surface area contributed by atoms with Gasteiger partial charge in [0.1, 0.15) is 0 Å². The number of halogens is 1. The van der Waals surface area contributed by atoms with E-state index in [0.717, 1.165) is 26.6 Å². The Kier molecular flexibility index (Phi) is 3.28. The van der Waals surface area contributed by atoms with Crippen LogP contribution in [0.1, 0.15) is 5.56 Å². The Morgan fingerprint density at radius 3 is 2.55 bits per heavy atom. The zero-order valence-electron chi connectivity index (χ0n) is 10.8. The van der Waals surface area contributed by atoms with E-state index >= 15 is 0 Å². The van der Waals surface area contributed by atoms with Crippen LogP contribution in [0.2, 0.25) is 0 Å². The van der Waals surface area contributed by atoms with E-state index in [2.05, 4.69) is 31.1 Å². The zero-order valence-corrected chi connectivity index (χ0v) is 12.3. The summed E-state index contributed by atoms with van der Waals surface area (Å²) >= 11 is 3.37. The lowest BCUT2D eigenvalue weighted by Crippen LogP contribution is -1.71. The van der Waals surface area contributed by atoms with Crippen molar-refractivity contribution in [2.24, 2.45) is 10.2 Å². The van der Waals surface area contributed by atoms with Gasteiger partial charge >= 0.3 is 0 Å². The molecule has 1 heterocycles. The molecule has 3 rings (SSSR count). The van der Waals surface area contributed by atoms with E-state index < -0.39 is 0 Å². The van der Waals surface area contributed by atoms with Crippen molar-refractivity contribution >= 4 is 38.2 Å². The number of aromatic amines is 1. The van der Waals surface area contributed by atoms with Crippen LogP contribution < -0.4 is 0 Å². The molecule has 0 unspecified atom stereocenters. The number of hydrogen-bond donors (Lipinski definition) is 2. The van der Waals surface area contributed by atoms with Gasteiger partial charge < -0.3 is 10.1 Å². The van der Waals surface area contributed by atoms with Crippen LogP contribution in [0, 0.1) is 6.92 Å². The summed E-state index contributed by atoms with van der Waals surface area (Å²) in [6, 6.07) is 13.4. The predicted octanol–water partition coefficient (Wildman–Crippen LogP) is 5.36. The van der Waals surface area contributed by atoms with E-state index in [1.807, 2.05) is 49.4 Å². The first-order valence-electron chi connectivity index (χ1n) is 6.12. The lowest BCUT2D eigenvalue weighted by atomic mass is 10.2. The highest BCUT2D eigenvalue weighted by Gasteiger charge is 2.10. The quantitative estimate of drug-likeness (QED) is 0.611. The highest BCUT2D eigenvalue weighted by molar-refractivity contribution is 9.10. The van der Waals surface area contributed by atoms with Crippen LogP contribution in [-0.4, -0.2) is 10.1 Å². The minimum absolute atomic E-state index is 0.0338. The SMILES string of the molecule is Cc1ccc2[nH]c(O)c(N=Nc3ccc(Br)cc3)c2c1. The van der Waals surface area contributed by atoms with E-state index in [9.17, 15) is 5.11 Å². The van der Waals surface area contributed by atoms with Gasteiger partial charge in [-0.05, 0) is 43.3 Å². The Hall–Kier alpha value is -2.14. The van der Waals surface area contributed by atoms with Gasteiger partial charge in [-0.3, -0.25) is 0 Å². The minimum Gasteiger partial charge on any atom is -0.493 e. The molecule has 2 aromatic carbocycles. The van der Waals surface area contributed by atoms with Gasteiger partial charge in [-0.25, -0.2) is 0 Å². The monoisotopic (exact) mass is 329 g/mol. The molecule has 0 aliphatic heterocycles. The number of benzene rings is 2. The molecule has 2 N–H and O–H groups in total. The Labute approximate surface area is 124 Å². The Balaban J connectivity index is 2.03. The maximum Gasteiger partial charge on any atom is 0.218 e. The van der Waals surface area contributed by atoms with Crippen LogP contribution in [0.25, 0.3) is 10.9 Å². The molecule has 0 saturated heterocycles. The van der Waals surface area contributed by atoms with E-state index in [-0.39, 0.29) is 5.88 Å². The maximum absolute atomic E-state index is 9.93. The summed E-state index contributed by atoms with van der Waals surface area (Å²) in [5, 5.41) is 19.1. The highest BCUT2D eigenvalue weighted by atomic mass is 79.9. The summed E-state index contributed by atoms with van der Waals surface area (Å²) in [6.07, 6.45) is 0. The summed E-state index contributed by atoms with van der Waals surface area (Å²) in [7, 11) is 0. The van der Waals surface area contributed by atoms with E-state index in [4.69, 9.17) is 0 Å². The van der Waals surface area contributed by atoms with Crippen molar-refractivity contribution in [1.82, 2.24) is 4.98 Å². The number of azo groups is 1. The molecule has 0 atom stereocenters. The Morgan fingerprint density at radius 1 is 1.05 bits per heavy atom. The van der Waals surface area contributed by atoms with Crippen LogP contribution >= 0.6 is 15.9 Å². The van der Waals surface area contributed by atoms with E-state index in [1.165, 1.54) is 0 Å². The van der Waals surface area contributed by atoms with Crippen molar-refractivity contribution in [3.8, 4) is 5.88 Å². The van der Waals surface area contributed by atoms with Crippen LogP contribution in [0.15, 0.2) is 57.2 Å². The fourth-order valence-corrected chi connectivity index (χ4v) is 2.26. The summed E-state index contributed by atoms with van der Waals surface area (Å²) in [6.45, 7) is 2.00. The fourth-order valence-electron chi connectivity index (χ4n) is 1.99. The molecule has 0 radical (unpaired) electrons. The van der Waals surface area contributed by atoms with Gasteiger partial charge in [0.25, 0.3) is 0 Å². The van der Waals surface area contributed by atoms with Gasteiger partial charge in [-0.2, -0.15) is 5.11 Å². The first-order valence-corrected chi connectivity index (χ1v) is 6.91. The molecular formula is C15H12BrN3O. The summed E-state index contributed by atoms with van der Waals surface area (Å²) in [5.41, 5.74) is 3.15. The molecule has 4 nitrogen and oxygen atoms in total. The first-order chi connectivity index (χ1) is 9.63. The third kappa shape index (κ3) is 2.44. The van der Waals surface area contributed by atoms with Gasteiger partial charge in [0.2, 0.25) is 5.88 Å². The second-order valence-electron chi connectivity index (χ2n) is 4.55. The average Bonchev–Trinajstić information content (AvgIpc) is 2.73. The van der Waals surface area contributed by atoms with Gasteiger partial charge in [-0.15, -0.1) is 5.11 Å². The summed E-state index contributed by atoms with van der Waals surface area (Å²) < 4.78 is 0.988. The Morgan fingerprint density at radius 2 is 1.80 bits per heavy atom. The zero-order chi connectivity index (χ0) is 14.1. The lowest BCUT2D eigenvalue weighted by Gasteiger charge is -1.95. The second-order valence-corrected chi connectivity index (χ2v) is 5.46. The summed E-state index contributed by atoms with van der Waals surface area (Å²) in [5.74, 6) is 0.0338. The molecule has 5 heteroatoms. The van der Waals surface area contributed by atoms with Crippen molar-refractivity contribution in [1.29, 1.82) is 0 Å². The Bertz CT molecular complexity index is 791. The predicted molar refractivity (Wildman–Crippen MR) is 83.0 cm³/mol. The van der Waals surface area contributed by atoms with E-state index in [1.54, 1.807) is 0 Å². The molecule has 100 valence electrons. The molecule has 3 aromatic rings. The molecule has 0 fully saturated rings. The highest BCUT2D eigenvalue weighted by Crippen LogP contribution is 2.36. The standard InChI is InChI=1S/C15H12BrN3O/c1-9-2-7-13-12(8-9)14(15(20)17-13)19-18-11-5-3-10(16)4-6-11/h2-8,17,20H,1H3. The molecule has 0 spiro atoms. The van der Waals surface area contributed by atoms with Crippen LogP contribution in [0.3, 0.4) is 0 Å². The number of fused-ring (bicyclic) bond motifs is 1. The molecule has 20 heavy (non-hydrogen) atoms. The largest absolute Gasteiger partial charge is 0.493 e. The van der Waals surface area contributed by atoms with Crippen LogP contribution in [0.4, 0.5) is 11.4 Å². The van der Waals surface area contributed by atoms with Crippen LogP contribution in [0.5, 0.6) is 5.88 Å². The number of hydrogen-bond acceptors (Lipinski definition) is 3. The van der Waals surface area contributed by atoms with Crippen LogP contribution in [-0.2, 0) is 0 Å². The van der Waals surface area contributed by atoms with Crippen molar-refractivity contribution in [3.05, 3.63) is 52.5 Å². The number of H-pyrrole nitrogens is 1. The number of aromatic nitrogens is 1. The third-order valence-corrected chi connectivity index (χ3v) is 3.53. The van der Waals surface area contributed by atoms with Gasteiger partial charge in [0, 0.05) is 9.86 Å². The molecule has 1 aromatic heterocycles. The third-order valence-electron chi connectivity index (χ3n) is 3.00. The van der Waals surface area contributed by atoms with E-state index in [0.29, 0.717) is 5.69 Å². The van der Waals surface area contributed by atoms with Gasteiger partial charge in [0.15, 0.2) is 5.69 Å². The second kappa shape index (κ2) is 5.09. The van der Waals surface area contributed by atoms with Crippen molar-refractivity contribution in [3.63, 3.8) is 0 Å². The number of rotatable bonds is 2.